The lowest BCUT2D eigenvalue weighted by Crippen LogP contribution is -2.44. The van der Waals surface area contributed by atoms with Crippen LogP contribution in [-0.4, -0.2) is 43.2 Å². The van der Waals surface area contributed by atoms with Crippen LogP contribution in [0.4, 0.5) is 0 Å². The number of piperidine rings is 1. The molecular formula is C16H26N2O2. The summed E-state index contributed by atoms with van der Waals surface area (Å²) in [6, 6.07) is 0. The zero-order valence-electron chi connectivity index (χ0n) is 12.2. The molecule has 1 saturated carbocycles. The van der Waals surface area contributed by atoms with Gasteiger partial charge in [-0.1, -0.05) is 12.2 Å². The molecule has 4 heteroatoms. The first-order valence-corrected chi connectivity index (χ1v) is 8.06. The maximum Gasteiger partial charge on any atom is 0.226 e. The Bertz CT molecular complexity index is 375. The zero-order chi connectivity index (χ0) is 13.9. The van der Waals surface area contributed by atoms with Crippen molar-refractivity contribution in [2.45, 2.75) is 38.2 Å². The molecule has 3 rings (SSSR count). The molecule has 2 N–H and O–H groups in total. The van der Waals surface area contributed by atoms with Crippen molar-refractivity contribution in [3.63, 3.8) is 0 Å². The first kappa shape index (κ1) is 14.1. The van der Waals surface area contributed by atoms with Gasteiger partial charge in [-0.2, -0.15) is 0 Å². The van der Waals surface area contributed by atoms with Crippen LogP contribution < -0.4 is 5.73 Å². The predicted octanol–water partition coefficient (Wildman–Crippen LogP) is 1.55. The van der Waals surface area contributed by atoms with Gasteiger partial charge in [0.2, 0.25) is 5.91 Å². The van der Waals surface area contributed by atoms with Gasteiger partial charge in [0.25, 0.3) is 0 Å². The molecule has 1 saturated heterocycles. The van der Waals surface area contributed by atoms with Crippen LogP contribution in [0, 0.1) is 17.8 Å². The van der Waals surface area contributed by atoms with Crippen molar-refractivity contribution in [3.8, 4) is 0 Å². The third kappa shape index (κ3) is 2.91. The van der Waals surface area contributed by atoms with Crippen LogP contribution in [0.5, 0.6) is 0 Å². The second-order valence-electron chi connectivity index (χ2n) is 6.42. The Morgan fingerprint density at radius 3 is 2.65 bits per heavy atom. The molecule has 112 valence electrons. The third-order valence-electron chi connectivity index (χ3n) is 5.05. The minimum atomic E-state index is 0.264. The number of nitrogens with zero attached hydrogens (tertiary/aromatic N) is 1. The summed E-state index contributed by atoms with van der Waals surface area (Å²) in [5.74, 6) is 1.85. The van der Waals surface area contributed by atoms with Crippen molar-refractivity contribution in [2.75, 3.05) is 26.2 Å². The van der Waals surface area contributed by atoms with Crippen LogP contribution in [-0.2, 0) is 9.53 Å². The Hall–Kier alpha value is -0.870. The Labute approximate surface area is 121 Å². The van der Waals surface area contributed by atoms with E-state index >= 15 is 0 Å². The highest BCUT2D eigenvalue weighted by Gasteiger charge is 2.41. The summed E-state index contributed by atoms with van der Waals surface area (Å²) in [4.78, 5) is 14.7. The second-order valence-corrected chi connectivity index (χ2v) is 6.42. The number of hydrogen-bond acceptors (Lipinski definition) is 3. The summed E-state index contributed by atoms with van der Waals surface area (Å²) >= 11 is 0. The van der Waals surface area contributed by atoms with Crippen molar-refractivity contribution in [1.82, 2.24) is 4.90 Å². The van der Waals surface area contributed by atoms with E-state index in [2.05, 4.69) is 17.1 Å². The number of ether oxygens (including phenoxy) is 1. The average molecular weight is 278 g/mol. The molecule has 4 nitrogen and oxygen atoms in total. The van der Waals surface area contributed by atoms with Gasteiger partial charge in [0.05, 0.1) is 6.10 Å². The summed E-state index contributed by atoms with van der Waals surface area (Å²) in [5.41, 5.74) is 5.47. The summed E-state index contributed by atoms with van der Waals surface area (Å²) in [5, 5.41) is 0. The SMILES string of the molecule is NCCCOC1CCN(C(=O)C2CC3C=CC2C3)CC1. The Morgan fingerprint density at radius 1 is 1.25 bits per heavy atom. The topological polar surface area (TPSA) is 55.6 Å². The number of carbonyl (C=O) groups excluding carboxylic acids is 1. The lowest BCUT2D eigenvalue weighted by molar-refractivity contribution is -0.139. The van der Waals surface area contributed by atoms with Gasteiger partial charge in [-0.15, -0.1) is 0 Å². The molecule has 1 aliphatic heterocycles. The van der Waals surface area contributed by atoms with Crippen LogP contribution >= 0.6 is 0 Å². The highest BCUT2D eigenvalue weighted by atomic mass is 16.5. The molecule has 3 unspecified atom stereocenters. The van der Waals surface area contributed by atoms with E-state index in [1.165, 1.54) is 6.42 Å². The molecule has 1 amide bonds. The van der Waals surface area contributed by atoms with Crippen LogP contribution in [0.25, 0.3) is 0 Å². The van der Waals surface area contributed by atoms with E-state index < -0.39 is 0 Å². The van der Waals surface area contributed by atoms with Gasteiger partial charge in [-0.25, -0.2) is 0 Å². The number of carbonyl (C=O) groups is 1. The number of likely N-dealkylation sites (tertiary alicyclic amines) is 1. The second kappa shape index (κ2) is 6.27. The number of allylic oxidation sites excluding steroid dienone is 2. The molecule has 3 aliphatic rings. The van der Waals surface area contributed by atoms with Gasteiger partial charge in [-0.05, 0) is 50.5 Å². The number of fused-ring (bicyclic) bond motifs is 2. The van der Waals surface area contributed by atoms with Crippen LogP contribution in [0.15, 0.2) is 12.2 Å². The summed E-state index contributed by atoms with van der Waals surface area (Å²) in [7, 11) is 0. The van der Waals surface area contributed by atoms with Gasteiger partial charge < -0.3 is 15.4 Å². The molecule has 0 radical (unpaired) electrons. The fourth-order valence-corrected chi connectivity index (χ4v) is 3.88. The largest absolute Gasteiger partial charge is 0.378 e. The quantitative estimate of drug-likeness (QED) is 0.613. The van der Waals surface area contributed by atoms with Crippen molar-refractivity contribution >= 4 is 5.91 Å². The minimum absolute atomic E-state index is 0.264. The summed E-state index contributed by atoms with van der Waals surface area (Å²) < 4.78 is 5.80. The van der Waals surface area contributed by atoms with Gasteiger partial charge in [0, 0.05) is 25.6 Å². The number of hydrogen-bond donors (Lipinski definition) is 1. The number of amides is 1. The fraction of sp³-hybridized carbons (Fsp3) is 0.812. The molecule has 0 spiro atoms. The lowest BCUT2D eigenvalue weighted by Gasteiger charge is -2.34. The van der Waals surface area contributed by atoms with E-state index in [1.807, 2.05) is 0 Å². The van der Waals surface area contributed by atoms with Crippen LogP contribution in [0.2, 0.25) is 0 Å². The van der Waals surface area contributed by atoms with Crippen molar-refractivity contribution in [1.29, 1.82) is 0 Å². The zero-order valence-corrected chi connectivity index (χ0v) is 12.2. The number of nitrogens with two attached hydrogens (primary N) is 1. The van der Waals surface area contributed by atoms with E-state index in [4.69, 9.17) is 10.5 Å². The van der Waals surface area contributed by atoms with Crippen molar-refractivity contribution < 1.29 is 9.53 Å². The first-order chi connectivity index (χ1) is 9.78. The molecule has 2 fully saturated rings. The van der Waals surface area contributed by atoms with Gasteiger partial charge in [0.15, 0.2) is 0 Å². The fourth-order valence-electron chi connectivity index (χ4n) is 3.88. The summed E-state index contributed by atoms with van der Waals surface area (Å²) in [6.07, 6.45) is 10.1. The molecule has 0 aromatic carbocycles. The Morgan fingerprint density at radius 2 is 2.05 bits per heavy atom. The van der Waals surface area contributed by atoms with Gasteiger partial charge in [-0.3, -0.25) is 4.79 Å². The first-order valence-electron chi connectivity index (χ1n) is 8.06. The lowest BCUT2D eigenvalue weighted by atomic mass is 9.91. The van der Waals surface area contributed by atoms with E-state index in [0.29, 0.717) is 30.4 Å². The average Bonchev–Trinajstić information content (AvgIpc) is 3.10. The molecule has 2 bridgehead atoms. The van der Waals surface area contributed by atoms with Gasteiger partial charge in [0.1, 0.15) is 0 Å². The van der Waals surface area contributed by atoms with Crippen molar-refractivity contribution in [3.05, 3.63) is 12.2 Å². The molecule has 20 heavy (non-hydrogen) atoms. The Balaban J connectivity index is 1.44. The highest BCUT2D eigenvalue weighted by Crippen LogP contribution is 2.44. The molecule has 3 atom stereocenters. The number of rotatable bonds is 5. The molecule has 0 aromatic rings. The van der Waals surface area contributed by atoms with E-state index in [1.54, 1.807) is 0 Å². The smallest absolute Gasteiger partial charge is 0.226 e. The van der Waals surface area contributed by atoms with E-state index in [-0.39, 0.29) is 5.92 Å². The minimum Gasteiger partial charge on any atom is -0.378 e. The van der Waals surface area contributed by atoms with Crippen LogP contribution in [0.3, 0.4) is 0 Å². The standard InChI is InChI=1S/C16H26N2O2/c17-6-1-9-20-14-4-7-18(8-5-14)16(19)15-11-12-2-3-13(15)10-12/h2-3,12-15H,1,4-11,17H2. The maximum absolute atomic E-state index is 12.6. The third-order valence-corrected chi connectivity index (χ3v) is 5.05. The normalized spacial score (nSPS) is 33.0. The van der Waals surface area contributed by atoms with Gasteiger partial charge >= 0.3 is 0 Å². The van der Waals surface area contributed by atoms with Crippen LogP contribution in [0.1, 0.15) is 32.1 Å². The molecule has 0 aromatic heterocycles. The Kier molecular flexibility index (Phi) is 4.41. The summed E-state index contributed by atoms with van der Waals surface area (Å²) in [6.45, 7) is 3.18. The van der Waals surface area contributed by atoms with E-state index in [0.717, 1.165) is 45.4 Å². The van der Waals surface area contributed by atoms with Crippen molar-refractivity contribution in [2.24, 2.45) is 23.5 Å². The monoisotopic (exact) mass is 278 g/mol. The molecule has 2 aliphatic carbocycles. The maximum atomic E-state index is 12.6. The molecule has 1 heterocycles. The predicted molar refractivity (Wildman–Crippen MR) is 78.1 cm³/mol. The molecular weight excluding hydrogens is 252 g/mol. The van der Waals surface area contributed by atoms with E-state index in [9.17, 15) is 4.79 Å². The highest BCUT2D eigenvalue weighted by molar-refractivity contribution is 5.80.